The Kier molecular flexibility index (Phi) is 6.59. The van der Waals surface area contributed by atoms with Crippen molar-refractivity contribution in [3.63, 3.8) is 0 Å². The monoisotopic (exact) mass is 469 g/mol. The van der Waals surface area contributed by atoms with Gasteiger partial charge in [0.2, 0.25) is 0 Å². The van der Waals surface area contributed by atoms with Gasteiger partial charge in [-0.1, -0.05) is 43.3 Å². The van der Waals surface area contributed by atoms with Gasteiger partial charge >= 0.3 is 0 Å². The highest BCUT2D eigenvalue weighted by Crippen LogP contribution is 2.29. The van der Waals surface area contributed by atoms with Crippen LogP contribution in [0.15, 0.2) is 64.2 Å². The third kappa shape index (κ3) is 5.10. The van der Waals surface area contributed by atoms with Crippen LogP contribution in [-0.4, -0.2) is 25.7 Å². The van der Waals surface area contributed by atoms with Crippen molar-refractivity contribution in [2.24, 2.45) is 0 Å². The van der Waals surface area contributed by atoms with E-state index in [1.165, 1.54) is 18.4 Å². The van der Waals surface area contributed by atoms with E-state index in [0.717, 1.165) is 41.9 Å². The number of hydrogen-bond acceptors (Lipinski definition) is 6. The summed E-state index contributed by atoms with van der Waals surface area (Å²) < 4.78 is 7.49. The van der Waals surface area contributed by atoms with Crippen molar-refractivity contribution in [2.75, 3.05) is 0 Å². The molecule has 7 heteroatoms. The van der Waals surface area contributed by atoms with Crippen LogP contribution in [-0.2, 0) is 6.54 Å². The van der Waals surface area contributed by atoms with E-state index >= 15 is 0 Å². The molecule has 1 aliphatic rings. The van der Waals surface area contributed by atoms with E-state index in [1.807, 2.05) is 19.2 Å². The summed E-state index contributed by atoms with van der Waals surface area (Å²) in [6.45, 7) is 6.98. The molecule has 0 bridgehead atoms. The summed E-state index contributed by atoms with van der Waals surface area (Å²) >= 11 is 0. The van der Waals surface area contributed by atoms with Crippen molar-refractivity contribution < 1.29 is 4.52 Å². The van der Waals surface area contributed by atoms with Crippen molar-refractivity contribution in [1.29, 1.82) is 0 Å². The summed E-state index contributed by atoms with van der Waals surface area (Å²) in [5.74, 6) is 0.569. The molecule has 0 unspecified atom stereocenters. The van der Waals surface area contributed by atoms with Gasteiger partial charge in [0, 0.05) is 48.1 Å². The molecule has 1 N–H and O–H groups in total. The lowest BCUT2D eigenvalue weighted by molar-refractivity contribution is 0.433. The Hall–Kier alpha value is -3.58. The number of nitrogens with zero attached hydrogens (tertiary/aromatic N) is 4. The molecule has 0 atom stereocenters. The minimum absolute atomic E-state index is 0.00282. The molecule has 1 fully saturated rings. The van der Waals surface area contributed by atoms with E-state index in [9.17, 15) is 4.79 Å². The van der Waals surface area contributed by atoms with Gasteiger partial charge in [-0.3, -0.25) is 9.78 Å². The molecule has 0 radical (unpaired) electrons. The maximum atomic E-state index is 12.4. The lowest BCUT2D eigenvalue weighted by Crippen LogP contribution is -2.23. The Morgan fingerprint density at radius 2 is 1.80 bits per heavy atom. The number of nitrogens with one attached hydrogen (secondary N) is 1. The maximum Gasteiger partial charge on any atom is 0.250 e. The zero-order valence-electron chi connectivity index (χ0n) is 20.5. The normalized spacial score (nSPS) is 13.5. The first-order chi connectivity index (χ1) is 17.1. The first-order valence-electron chi connectivity index (χ1n) is 12.4. The van der Waals surface area contributed by atoms with Crippen LogP contribution in [0.2, 0.25) is 0 Å². The molecule has 35 heavy (non-hydrogen) atoms. The molecule has 5 rings (SSSR count). The Morgan fingerprint density at radius 3 is 2.51 bits per heavy atom. The number of benzene rings is 1. The SMILES string of the molecule is CCC(CC)n1cc(-c2cnc(C)c(-c3cc(-c4ccc(CNC5CC5)cc4)no3)n2)ccc1=O. The minimum Gasteiger partial charge on any atom is -0.354 e. The number of pyridine rings is 1. The fourth-order valence-electron chi connectivity index (χ4n) is 4.31. The van der Waals surface area contributed by atoms with Crippen LogP contribution in [0.1, 0.15) is 56.8 Å². The number of aryl methyl sites for hydroxylation is 1. The van der Waals surface area contributed by atoms with Gasteiger partial charge in [0.25, 0.3) is 5.56 Å². The van der Waals surface area contributed by atoms with Crippen LogP contribution in [0, 0.1) is 6.92 Å². The first-order valence-corrected chi connectivity index (χ1v) is 12.4. The Bertz CT molecular complexity index is 1360. The molecule has 0 saturated heterocycles. The fraction of sp³-hybridized carbons (Fsp3) is 0.357. The molecule has 0 spiro atoms. The van der Waals surface area contributed by atoms with Gasteiger partial charge < -0.3 is 14.4 Å². The van der Waals surface area contributed by atoms with Gasteiger partial charge in [-0.2, -0.15) is 0 Å². The second-order valence-corrected chi connectivity index (χ2v) is 9.25. The third-order valence-corrected chi connectivity index (χ3v) is 6.69. The third-order valence-electron chi connectivity index (χ3n) is 6.69. The lowest BCUT2D eigenvalue weighted by atomic mass is 10.1. The van der Waals surface area contributed by atoms with Crippen LogP contribution in [0.4, 0.5) is 0 Å². The number of rotatable bonds is 9. The first kappa shape index (κ1) is 23.2. The van der Waals surface area contributed by atoms with E-state index in [2.05, 4.69) is 53.6 Å². The summed E-state index contributed by atoms with van der Waals surface area (Å²) in [5, 5.41) is 7.82. The van der Waals surface area contributed by atoms with E-state index in [-0.39, 0.29) is 11.6 Å². The van der Waals surface area contributed by atoms with E-state index in [1.54, 1.807) is 22.9 Å². The molecule has 3 aromatic heterocycles. The predicted octanol–water partition coefficient (Wildman–Crippen LogP) is 5.55. The Labute approximate surface area is 205 Å². The molecule has 0 amide bonds. The van der Waals surface area contributed by atoms with Gasteiger partial charge in [0.1, 0.15) is 11.4 Å². The maximum absolute atomic E-state index is 12.4. The molecule has 7 nitrogen and oxygen atoms in total. The zero-order valence-corrected chi connectivity index (χ0v) is 20.5. The van der Waals surface area contributed by atoms with Gasteiger partial charge in [0.15, 0.2) is 5.76 Å². The Morgan fingerprint density at radius 1 is 1.06 bits per heavy atom. The second-order valence-electron chi connectivity index (χ2n) is 9.25. The molecular formula is C28H31N5O2. The number of aromatic nitrogens is 4. The second kappa shape index (κ2) is 9.96. The summed E-state index contributed by atoms with van der Waals surface area (Å²) in [6, 6.07) is 14.6. The summed E-state index contributed by atoms with van der Waals surface area (Å²) in [6.07, 6.45) is 7.97. The largest absolute Gasteiger partial charge is 0.354 e. The fourth-order valence-corrected chi connectivity index (χ4v) is 4.31. The van der Waals surface area contributed by atoms with Gasteiger partial charge in [0.05, 0.1) is 17.6 Å². The van der Waals surface area contributed by atoms with E-state index in [0.29, 0.717) is 23.2 Å². The average Bonchev–Trinajstić information content (AvgIpc) is 3.59. The van der Waals surface area contributed by atoms with Crippen molar-refractivity contribution in [3.05, 3.63) is 76.5 Å². The highest BCUT2D eigenvalue weighted by atomic mass is 16.5. The molecular weight excluding hydrogens is 438 g/mol. The molecule has 1 saturated carbocycles. The van der Waals surface area contributed by atoms with Crippen LogP contribution >= 0.6 is 0 Å². The van der Waals surface area contributed by atoms with Crippen molar-refractivity contribution in [1.82, 2.24) is 25.0 Å². The number of hydrogen-bond donors (Lipinski definition) is 1. The highest BCUT2D eigenvalue weighted by molar-refractivity contribution is 5.68. The summed E-state index contributed by atoms with van der Waals surface area (Å²) in [7, 11) is 0. The van der Waals surface area contributed by atoms with E-state index in [4.69, 9.17) is 9.51 Å². The van der Waals surface area contributed by atoms with E-state index < -0.39 is 0 Å². The van der Waals surface area contributed by atoms with Gasteiger partial charge in [-0.15, -0.1) is 0 Å². The lowest BCUT2D eigenvalue weighted by Gasteiger charge is -2.17. The molecule has 0 aliphatic heterocycles. The van der Waals surface area contributed by atoms with Crippen LogP contribution in [0.5, 0.6) is 0 Å². The smallest absolute Gasteiger partial charge is 0.250 e. The molecule has 4 aromatic rings. The molecule has 1 aliphatic carbocycles. The van der Waals surface area contributed by atoms with Crippen LogP contribution < -0.4 is 10.9 Å². The Balaban J connectivity index is 1.41. The van der Waals surface area contributed by atoms with Crippen molar-refractivity contribution in [3.8, 4) is 34.0 Å². The molecule has 1 aromatic carbocycles. The van der Waals surface area contributed by atoms with Crippen LogP contribution in [0.25, 0.3) is 34.0 Å². The average molecular weight is 470 g/mol. The predicted molar refractivity (Wildman–Crippen MR) is 137 cm³/mol. The van der Waals surface area contributed by atoms with Crippen LogP contribution in [0.3, 0.4) is 0 Å². The quantitative estimate of drug-likeness (QED) is 0.346. The standard InChI is InChI=1S/C28H31N5O2/c1-4-23(5-2)33-17-21(10-13-27(33)34)25-16-29-18(3)28(31-25)26-14-24(32-35-26)20-8-6-19(7-9-20)15-30-22-11-12-22/h6-10,13-14,16-17,22-23,30H,4-5,11-12,15H2,1-3H3. The zero-order chi connectivity index (χ0) is 24.4. The summed E-state index contributed by atoms with van der Waals surface area (Å²) in [4.78, 5) is 21.8. The van der Waals surface area contributed by atoms with Gasteiger partial charge in [-0.05, 0) is 44.2 Å². The molecule has 3 heterocycles. The summed E-state index contributed by atoms with van der Waals surface area (Å²) in [5.41, 5.74) is 5.95. The van der Waals surface area contributed by atoms with Gasteiger partial charge in [-0.25, -0.2) is 4.98 Å². The van der Waals surface area contributed by atoms with Crippen molar-refractivity contribution >= 4 is 0 Å². The topological polar surface area (TPSA) is 85.8 Å². The van der Waals surface area contributed by atoms with Crippen molar-refractivity contribution in [2.45, 2.75) is 65.1 Å². The minimum atomic E-state index is -0.00282. The molecule has 180 valence electrons. The highest BCUT2D eigenvalue weighted by Gasteiger charge is 2.20.